The molecule has 0 bridgehead atoms. The Morgan fingerprint density at radius 1 is 1.05 bits per heavy atom. The molecule has 1 aliphatic carbocycles. The van der Waals surface area contributed by atoms with E-state index in [4.69, 9.17) is 0 Å². The summed E-state index contributed by atoms with van der Waals surface area (Å²) >= 11 is 0. The van der Waals surface area contributed by atoms with Gasteiger partial charge in [-0.05, 0) is 46.1 Å². The number of carbonyl (C=O) groups excluding carboxylic acids is 2. The number of rotatable bonds is 4. The molecule has 4 heteroatoms. The fourth-order valence-electron chi connectivity index (χ4n) is 3.57. The largest absolute Gasteiger partial charge is 0.352 e. The zero-order valence-electron chi connectivity index (χ0n) is 12.9. The van der Waals surface area contributed by atoms with Gasteiger partial charge in [-0.3, -0.25) is 14.5 Å². The first-order valence-electron chi connectivity index (χ1n) is 8.16. The normalized spacial score (nSPS) is 27.0. The van der Waals surface area contributed by atoms with Gasteiger partial charge in [-0.25, -0.2) is 0 Å². The SMILES string of the molecule is CC(=O)C1CCCCN1C(C)C(=O)NC1CCCCC1. The van der Waals surface area contributed by atoms with Crippen LogP contribution in [-0.4, -0.2) is 41.3 Å². The van der Waals surface area contributed by atoms with Crippen molar-refractivity contribution >= 4 is 11.7 Å². The van der Waals surface area contributed by atoms with Crippen molar-refractivity contribution in [3.63, 3.8) is 0 Å². The molecular formula is C16H28N2O2. The number of amides is 1. The summed E-state index contributed by atoms with van der Waals surface area (Å²) in [6.07, 6.45) is 9.03. The second-order valence-electron chi connectivity index (χ2n) is 6.38. The van der Waals surface area contributed by atoms with Gasteiger partial charge in [0.05, 0.1) is 12.1 Å². The molecule has 4 nitrogen and oxygen atoms in total. The van der Waals surface area contributed by atoms with Crippen LogP contribution >= 0.6 is 0 Å². The number of nitrogens with one attached hydrogen (secondary N) is 1. The monoisotopic (exact) mass is 280 g/mol. The van der Waals surface area contributed by atoms with Crippen LogP contribution in [0.15, 0.2) is 0 Å². The van der Waals surface area contributed by atoms with Crippen LogP contribution in [0.1, 0.15) is 65.2 Å². The summed E-state index contributed by atoms with van der Waals surface area (Å²) in [7, 11) is 0. The van der Waals surface area contributed by atoms with Gasteiger partial charge >= 0.3 is 0 Å². The number of nitrogens with zero attached hydrogens (tertiary/aromatic N) is 1. The Morgan fingerprint density at radius 3 is 2.35 bits per heavy atom. The van der Waals surface area contributed by atoms with Gasteiger partial charge in [0.15, 0.2) is 0 Å². The summed E-state index contributed by atoms with van der Waals surface area (Å²) in [4.78, 5) is 26.3. The third-order valence-corrected chi connectivity index (χ3v) is 4.84. The average molecular weight is 280 g/mol. The molecule has 1 N–H and O–H groups in total. The van der Waals surface area contributed by atoms with Crippen molar-refractivity contribution in [1.82, 2.24) is 10.2 Å². The Labute approximate surface area is 122 Å². The molecule has 1 saturated carbocycles. The van der Waals surface area contributed by atoms with Crippen LogP contribution in [0, 0.1) is 0 Å². The first-order valence-corrected chi connectivity index (χ1v) is 8.16. The van der Waals surface area contributed by atoms with Crippen molar-refractivity contribution in [3.05, 3.63) is 0 Å². The molecule has 0 radical (unpaired) electrons. The molecule has 1 amide bonds. The van der Waals surface area contributed by atoms with E-state index in [-0.39, 0.29) is 23.8 Å². The number of carbonyl (C=O) groups is 2. The first kappa shape index (κ1) is 15.5. The summed E-state index contributed by atoms with van der Waals surface area (Å²) in [5, 5.41) is 3.18. The molecule has 1 heterocycles. The molecule has 0 aromatic rings. The second-order valence-corrected chi connectivity index (χ2v) is 6.38. The van der Waals surface area contributed by atoms with E-state index in [1.54, 1.807) is 6.92 Å². The van der Waals surface area contributed by atoms with Crippen LogP contribution in [0.3, 0.4) is 0 Å². The van der Waals surface area contributed by atoms with Crippen LogP contribution in [0.25, 0.3) is 0 Å². The molecule has 2 atom stereocenters. The number of likely N-dealkylation sites (tertiary alicyclic amines) is 1. The Morgan fingerprint density at radius 2 is 1.70 bits per heavy atom. The molecule has 2 rings (SSSR count). The average Bonchev–Trinajstić information content (AvgIpc) is 2.47. The standard InChI is InChI=1S/C16H28N2O2/c1-12(16(20)17-14-8-4-3-5-9-14)18-11-7-6-10-15(18)13(2)19/h12,14-15H,3-11H2,1-2H3,(H,17,20). The minimum Gasteiger partial charge on any atom is -0.352 e. The Balaban J connectivity index is 1.92. The highest BCUT2D eigenvalue weighted by atomic mass is 16.2. The molecule has 1 aliphatic heterocycles. The minimum atomic E-state index is -0.189. The van der Waals surface area contributed by atoms with Gasteiger partial charge < -0.3 is 5.32 Å². The van der Waals surface area contributed by atoms with Crippen LogP contribution in [0.5, 0.6) is 0 Å². The highest BCUT2D eigenvalue weighted by Crippen LogP contribution is 2.22. The Bertz CT molecular complexity index is 350. The lowest BCUT2D eigenvalue weighted by molar-refractivity contribution is -0.132. The Hall–Kier alpha value is -0.900. The first-order chi connectivity index (χ1) is 9.59. The summed E-state index contributed by atoms with van der Waals surface area (Å²) < 4.78 is 0. The van der Waals surface area contributed by atoms with Crippen molar-refractivity contribution in [2.75, 3.05) is 6.54 Å². The van der Waals surface area contributed by atoms with Crippen LogP contribution in [0.4, 0.5) is 0 Å². The van der Waals surface area contributed by atoms with Crippen LogP contribution in [-0.2, 0) is 9.59 Å². The fourth-order valence-corrected chi connectivity index (χ4v) is 3.57. The van der Waals surface area contributed by atoms with Crippen molar-refractivity contribution in [3.8, 4) is 0 Å². The van der Waals surface area contributed by atoms with E-state index < -0.39 is 0 Å². The van der Waals surface area contributed by atoms with E-state index in [1.165, 1.54) is 19.3 Å². The topological polar surface area (TPSA) is 49.4 Å². The molecule has 2 fully saturated rings. The molecule has 0 spiro atoms. The van der Waals surface area contributed by atoms with Crippen molar-refractivity contribution < 1.29 is 9.59 Å². The summed E-state index contributed by atoms with van der Waals surface area (Å²) in [5.41, 5.74) is 0. The van der Waals surface area contributed by atoms with E-state index in [1.807, 2.05) is 6.92 Å². The lowest BCUT2D eigenvalue weighted by atomic mass is 9.94. The highest BCUT2D eigenvalue weighted by molar-refractivity contribution is 5.85. The highest BCUT2D eigenvalue weighted by Gasteiger charge is 2.33. The summed E-state index contributed by atoms with van der Waals surface area (Å²) in [5.74, 6) is 0.298. The molecule has 0 aromatic heterocycles. The fraction of sp³-hybridized carbons (Fsp3) is 0.875. The van der Waals surface area contributed by atoms with Gasteiger partial charge in [-0.2, -0.15) is 0 Å². The third kappa shape index (κ3) is 3.81. The molecule has 2 aliphatic rings. The third-order valence-electron chi connectivity index (χ3n) is 4.84. The van der Waals surface area contributed by atoms with E-state index in [0.29, 0.717) is 6.04 Å². The van der Waals surface area contributed by atoms with E-state index in [9.17, 15) is 9.59 Å². The van der Waals surface area contributed by atoms with Gasteiger partial charge in [0, 0.05) is 6.04 Å². The molecular weight excluding hydrogens is 252 g/mol. The van der Waals surface area contributed by atoms with E-state index in [0.717, 1.165) is 38.6 Å². The molecule has 114 valence electrons. The van der Waals surface area contributed by atoms with E-state index in [2.05, 4.69) is 10.2 Å². The second kappa shape index (κ2) is 7.21. The maximum absolute atomic E-state index is 12.4. The zero-order chi connectivity index (χ0) is 14.5. The van der Waals surface area contributed by atoms with Crippen LogP contribution < -0.4 is 5.32 Å². The summed E-state index contributed by atoms with van der Waals surface area (Å²) in [6.45, 7) is 4.46. The van der Waals surface area contributed by atoms with E-state index >= 15 is 0 Å². The molecule has 0 aromatic carbocycles. The van der Waals surface area contributed by atoms with Crippen molar-refractivity contribution in [2.45, 2.75) is 83.3 Å². The maximum atomic E-state index is 12.4. The molecule has 1 saturated heterocycles. The zero-order valence-corrected chi connectivity index (χ0v) is 12.9. The number of Topliss-reactive ketones (excluding diaryl/α,β-unsaturated/α-hetero) is 1. The minimum absolute atomic E-state index is 0.0594. The lowest BCUT2D eigenvalue weighted by Gasteiger charge is -2.38. The predicted octanol–water partition coefficient (Wildman–Crippen LogP) is 2.27. The maximum Gasteiger partial charge on any atom is 0.237 e. The Kier molecular flexibility index (Phi) is 5.58. The quantitative estimate of drug-likeness (QED) is 0.859. The number of ketones is 1. The summed E-state index contributed by atoms with van der Waals surface area (Å²) in [6, 6.07) is 0.0984. The molecule has 20 heavy (non-hydrogen) atoms. The predicted molar refractivity (Wildman–Crippen MR) is 79.5 cm³/mol. The van der Waals surface area contributed by atoms with Crippen molar-refractivity contribution in [1.29, 1.82) is 0 Å². The van der Waals surface area contributed by atoms with Crippen LogP contribution in [0.2, 0.25) is 0 Å². The van der Waals surface area contributed by atoms with Gasteiger partial charge in [-0.15, -0.1) is 0 Å². The van der Waals surface area contributed by atoms with Gasteiger partial charge in [0.1, 0.15) is 5.78 Å². The number of hydrogen-bond acceptors (Lipinski definition) is 3. The smallest absolute Gasteiger partial charge is 0.237 e. The van der Waals surface area contributed by atoms with Crippen molar-refractivity contribution in [2.24, 2.45) is 0 Å². The molecule has 2 unspecified atom stereocenters. The lowest BCUT2D eigenvalue weighted by Crippen LogP contribution is -2.55. The number of hydrogen-bond donors (Lipinski definition) is 1. The number of piperidine rings is 1. The van der Waals surface area contributed by atoms with Gasteiger partial charge in [0.2, 0.25) is 5.91 Å². The van der Waals surface area contributed by atoms with Gasteiger partial charge in [0.25, 0.3) is 0 Å². The van der Waals surface area contributed by atoms with Gasteiger partial charge in [-0.1, -0.05) is 25.7 Å².